The Balaban J connectivity index is 1.49. The molecule has 3 aromatic rings. The minimum absolute atomic E-state index is 0.151. The van der Waals surface area contributed by atoms with Gasteiger partial charge in [-0.25, -0.2) is 5.01 Å². The minimum atomic E-state index is -1.04. The number of fused-ring (bicyclic) bond motifs is 1. The van der Waals surface area contributed by atoms with E-state index in [0.717, 1.165) is 11.3 Å². The Bertz CT molecular complexity index is 1390. The highest BCUT2D eigenvalue weighted by Gasteiger charge is 2.59. The number of carbonyl (C=O) groups excluding carboxylic acids is 2. The van der Waals surface area contributed by atoms with Crippen molar-refractivity contribution in [3.8, 4) is 11.5 Å². The first kappa shape index (κ1) is 21.8. The standard InChI is InChI=1S/C26H19N3O4S2/c1-17(30)24-27-29(20-10-6-3-7-11-20)26(35-24)28(19-8-4-2-5-9-19)25(31)23(34-26)15-18-12-13-21-22(14-18)33-16-32-21/h2-15H,16H2,1H3/b23-15+/t26-/m1/s1. The van der Waals surface area contributed by atoms with E-state index in [9.17, 15) is 9.59 Å². The molecule has 35 heavy (non-hydrogen) atoms. The van der Waals surface area contributed by atoms with Gasteiger partial charge in [-0.1, -0.05) is 54.2 Å². The number of thioether (sulfide) groups is 2. The summed E-state index contributed by atoms with van der Waals surface area (Å²) in [5, 5.41) is 6.79. The molecule has 174 valence electrons. The lowest BCUT2D eigenvalue weighted by molar-refractivity contribution is -0.114. The monoisotopic (exact) mass is 501 g/mol. The van der Waals surface area contributed by atoms with Crippen LogP contribution in [-0.4, -0.2) is 27.9 Å². The topological polar surface area (TPSA) is 71.4 Å². The van der Waals surface area contributed by atoms with E-state index in [0.29, 0.717) is 27.1 Å². The second-order valence-electron chi connectivity index (χ2n) is 7.96. The second-order valence-corrected chi connectivity index (χ2v) is 10.6. The molecule has 1 saturated heterocycles. The number of amides is 1. The molecule has 0 bridgehead atoms. The predicted octanol–water partition coefficient (Wildman–Crippen LogP) is 5.30. The number of ether oxygens (including phenoxy) is 2. The number of rotatable bonds is 4. The summed E-state index contributed by atoms with van der Waals surface area (Å²) in [5.74, 6) is 1.00. The van der Waals surface area contributed by atoms with Gasteiger partial charge < -0.3 is 9.47 Å². The van der Waals surface area contributed by atoms with E-state index in [-0.39, 0.29) is 18.5 Å². The molecule has 0 aromatic heterocycles. The van der Waals surface area contributed by atoms with Crippen molar-refractivity contribution in [2.24, 2.45) is 5.10 Å². The molecular formula is C26H19N3O4S2. The molecule has 0 unspecified atom stereocenters. The summed E-state index contributed by atoms with van der Waals surface area (Å²) >= 11 is 2.65. The van der Waals surface area contributed by atoms with Crippen LogP contribution in [0.4, 0.5) is 11.4 Å². The van der Waals surface area contributed by atoms with Crippen LogP contribution in [0.15, 0.2) is 88.9 Å². The Labute approximate surface area is 210 Å². The van der Waals surface area contributed by atoms with Crippen LogP contribution in [0.2, 0.25) is 0 Å². The zero-order valence-electron chi connectivity index (χ0n) is 18.6. The molecule has 7 nitrogen and oxygen atoms in total. The largest absolute Gasteiger partial charge is 0.454 e. The molecule has 3 aromatic carbocycles. The third-order valence-corrected chi connectivity index (χ3v) is 8.46. The highest BCUT2D eigenvalue weighted by atomic mass is 32.2. The maximum absolute atomic E-state index is 14.0. The van der Waals surface area contributed by atoms with Crippen LogP contribution in [0.1, 0.15) is 12.5 Å². The number of nitrogens with zero attached hydrogens (tertiary/aromatic N) is 3. The van der Waals surface area contributed by atoms with Crippen LogP contribution in [0, 0.1) is 0 Å². The van der Waals surface area contributed by atoms with E-state index < -0.39 is 4.33 Å². The first-order valence-electron chi connectivity index (χ1n) is 10.9. The average molecular weight is 502 g/mol. The van der Waals surface area contributed by atoms with Gasteiger partial charge in [0.1, 0.15) is 0 Å². The van der Waals surface area contributed by atoms with Gasteiger partial charge in [-0.2, -0.15) is 5.10 Å². The van der Waals surface area contributed by atoms with Gasteiger partial charge in [0.2, 0.25) is 11.1 Å². The fraction of sp³-hybridized carbons (Fsp3) is 0.115. The lowest BCUT2D eigenvalue weighted by Crippen LogP contribution is -2.51. The highest BCUT2D eigenvalue weighted by Crippen LogP contribution is 2.59. The van der Waals surface area contributed by atoms with Gasteiger partial charge in [-0.3, -0.25) is 14.5 Å². The van der Waals surface area contributed by atoms with Crippen LogP contribution < -0.4 is 19.4 Å². The summed E-state index contributed by atoms with van der Waals surface area (Å²) in [4.78, 5) is 28.6. The number of Topliss-reactive ketones (excluding diaryl/α,β-unsaturated/α-hetero) is 1. The summed E-state index contributed by atoms with van der Waals surface area (Å²) in [6.07, 6.45) is 1.84. The van der Waals surface area contributed by atoms with Gasteiger partial charge in [-0.15, -0.1) is 0 Å². The number of hydrogen-bond acceptors (Lipinski definition) is 8. The molecule has 0 aliphatic carbocycles. The Morgan fingerprint density at radius 2 is 1.63 bits per heavy atom. The van der Waals surface area contributed by atoms with Crippen LogP contribution in [0.25, 0.3) is 6.08 Å². The molecule has 0 N–H and O–H groups in total. The van der Waals surface area contributed by atoms with Gasteiger partial charge in [-0.05, 0) is 59.8 Å². The number of benzene rings is 3. The van der Waals surface area contributed by atoms with E-state index >= 15 is 0 Å². The van der Waals surface area contributed by atoms with Crippen molar-refractivity contribution in [3.63, 3.8) is 0 Å². The predicted molar refractivity (Wildman–Crippen MR) is 139 cm³/mol. The normalized spacial score (nSPS) is 21.8. The number of carbonyl (C=O) groups is 2. The van der Waals surface area contributed by atoms with Gasteiger partial charge in [0.15, 0.2) is 22.3 Å². The number of para-hydroxylation sites is 2. The summed E-state index contributed by atoms with van der Waals surface area (Å²) in [5.41, 5.74) is 2.31. The quantitative estimate of drug-likeness (QED) is 0.449. The Hall–Kier alpha value is -3.69. The lowest BCUT2D eigenvalue weighted by Gasteiger charge is -2.38. The lowest BCUT2D eigenvalue weighted by atomic mass is 10.2. The third kappa shape index (κ3) is 3.67. The summed E-state index contributed by atoms with van der Waals surface area (Å²) in [7, 11) is 0. The molecule has 0 radical (unpaired) electrons. The molecule has 1 atom stereocenters. The first-order chi connectivity index (χ1) is 17.0. The van der Waals surface area contributed by atoms with Gasteiger partial charge in [0.05, 0.1) is 10.6 Å². The zero-order chi connectivity index (χ0) is 24.0. The fourth-order valence-electron chi connectivity index (χ4n) is 4.05. The summed E-state index contributed by atoms with van der Waals surface area (Å²) in [6.45, 7) is 1.67. The molecule has 1 spiro atoms. The van der Waals surface area contributed by atoms with Crippen LogP contribution >= 0.6 is 23.5 Å². The maximum atomic E-state index is 14.0. The first-order valence-corrected chi connectivity index (χ1v) is 12.5. The third-order valence-electron chi connectivity index (χ3n) is 5.64. The van der Waals surface area contributed by atoms with Crippen molar-refractivity contribution in [2.75, 3.05) is 16.7 Å². The highest BCUT2D eigenvalue weighted by molar-refractivity contribution is 8.29. The Morgan fingerprint density at radius 1 is 0.943 bits per heavy atom. The van der Waals surface area contributed by atoms with Crippen LogP contribution in [-0.2, 0) is 9.59 Å². The van der Waals surface area contributed by atoms with Crippen molar-refractivity contribution < 1.29 is 19.1 Å². The summed E-state index contributed by atoms with van der Waals surface area (Å²) < 4.78 is 9.88. The molecular weight excluding hydrogens is 482 g/mol. The number of hydrazone groups is 1. The van der Waals surface area contributed by atoms with Crippen molar-refractivity contribution in [1.82, 2.24) is 0 Å². The number of ketones is 1. The van der Waals surface area contributed by atoms with E-state index in [1.165, 1.54) is 30.4 Å². The summed E-state index contributed by atoms with van der Waals surface area (Å²) in [6, 6.07) is 24.6. The van der Waals surface area contributed by atoms with E-state index in [4.69, 9.17) is 9.47 Å². The second kappa shape index (κ2) is 8.51. The number of anilines is 2. The smallest absolute Gasteiger partial charge is 0.268 e. The van der Waals surface area contributed by atoms with Crippen LogP contribution in [0.3, 0.4) is 0 Å². The zero-order valence-corrected chi connectivity index (χ0v) is 20.2. The molecule has 1 amide bonds. The molecule has 3 heterocycles. The number of hydrogen-bond donors (Lipinski definition) is 0. The average Bonchev–Trinajstić information content (AvgIpc) is 3.56. The van der Waals surface area contributed by atoms with Crippen LogP contribution in [0.5, 0.6) is 11.5 Å². The van der Waals surface area contributed by atoms with Crippen molar-refractivity contribution in [3.05, 3.63) is 89.3 Å². The molecule has 6 rings (SSSR count). The van der Waals surface area contributed by atoms with Gasteiger partial charge in [0.25, 0.3) is 5.91 Å². The van der Waals surface area contributed by atoms with Gasteiger partial charge in [0, 0.05) is 12.6 Å². The van der Waals surface area contributed by atoms with Crippen molar-refractivity contribution in [2.45, 2.75) is 11.3 Å². The molecule has 1 fully saturated rings. The molecule has 3 aliphatic rings. The SMILES string of the molecule is CC(=O)C1=NN(c2ccccc2)[C@@]2(S1)S/C(=C/c1ccc3c(c1)OCO3)C(=O)N2c1ccccc1. The maximum Gasteiger partial charge on any atom is 0.268 e. The fourth-order valence-corrected chi connectivity index (χ4v) is 6.93. The van der Waals surface area contributed by atoms with E-state index in [2.05, 4.69) is 5.10 Å². The van der Waals surface area contributed by atoms with Gasteiger partial charge >= 0.3 is 0 Å². The molecule has 3 aliphatic heterocycles. The Morgan fingerprint density at radius 3 is 2.34 bits per heavy atom. The minimum Gasteiger partial charge on any atom is -0.454 e. The molecule has 9 heteroatoms. The van der Waals surface area contributed by atoms with Crippen molar-refractivity contribution in [1.29, 1.82) is 0 Å². The van der Waals surface area contributed by atoms with E-state index in [1.54, 1.807) is 9.91 Å². The van der Waals surface area contributed by atoms with E-state index in [1.807, 2.05) is 84.9 Å². The van der Waals surface area contributed by atoms with Crippen molar-refractivity contribution >= 4 is 57.7 Å². The Kier molecular flexibility index (Phi) is 5.31. The molecule has 0 saturated carbocycles.